The standard InChI is InChI=1S/C12H8FN3O/c13-7-3-1-4-8-11(7)16-12(15-8)9-5-2-6-10(17)14-9/h1-6H,(H,14,17)(H,15,16). The molecule has 2 heterocycles. The van der Waals surface area contributed by atoms with Crippen LogP contribution in [-0.4, -0.2) is 15.0 Å². The quantitative estimate of drug-likeness (QED) is 0.670. The number of rotatable bonds is 1. The summed E-state index contributed by atoms with van der Waals surface area (Å²) in [5.74, 6) is 0.0612. The third-order valence-electron chi connectivity index (χ3n) is 2.49. The number of hydrogen-bond acceptors (Lipinski definition) is 2. The average molecular weight is 229 g/mol. The molecule has 5 heteroatoms. The number of nitrogens with one attached hydrogen (secondary N) is 2. The molecule has 84 valence electrons. The number of pyridine rings is 1. The minimum atomic E-state index is -0.386. The van der Waals surface area contributed by atoms with Crippen LogP contribution in [0.2, 0.25) is 0 Å². The normalized spacial score (nSPS) is 10.9. The second-order valence-electron chi connectivity index (χ2n) is 3.65. The Morgan fingerprint density at radius 2 is 1.88 bits per heavy atom. The van der Waals surface area contributed by atoms with Crippen LogP contribution in [0.4, 0.5) is 4.39 Å². The van der Waals surface area contributed by atoms with Crippen molar-refractivity contribution in [2.45, 2.75) is 0 Å². The molecule has 0 saturated heterocycles. The molecule has 17 heavy (non-hydrogen) atoms. The number of benzene rings is 1. The first-order valence-electron chi connectivity index (χ1n) is 5.08. The van der Waals surface area contributed by atoms with E-state index < -0.39 is 0 Å². The maximum Gasteiger partial charge on any atom is 0.248 e. The summed E-state index contributed by atoms with van der Waals surface area (Å²) in [6.45, 7) is 0. The Balaban J connectivity index is 2.25. The van der Waals surface area contributed by atoms with Gasteiger partial charge in [-0.25, -0.2) is 9.37 Å². The fourth-order valence-electron chi connectivity index (χ4n) is 1.71. The summed E-state index contributed by atoms with van der Waals surface area (Å²) >= 11 is 0. The lowest BCUT2D eigenvalue weighted by molar-refractivity contribution is 0.637. The van der Waals surface area contributed by atoms with Crippen molar-refractivity contribution in [3.63, 3.8) is 0 Å². The molecule has 0 spiro atoms. The van der Waals surface area contributed by atoms with Gasteiger partial charge in [0.15, 0.2) is 11.6 Å². The van der Waals surface area contributed by atoms with Crippen LogP contribution < -0.4 is 5.56 Å². The second kappa shape index (κ2) is 3.55. The smallest absolute Gasteiger partial charge is 0.248 e. The number of hydrogen-bond donors (Lipinski definition) is 2. The molecule has 2 N–H and O–H groups in total. The Labute approximate surface area is 95.1 Å². The molecule has 0 saturated carbocycles. The van der Waals surface area contributed by atoms with Gasteiger partial charge in [-0.1, -0.05) is 12.1 Å². The number of aromatic amines is 2. The summed E-state index contributed by atoms with van der Waals surface area (Å²) in [5.41, 5.74) is 1.19. The molecular formula is C12H8FN3O. The number of H-pyrrole nitrogens is 2. The molecule has 0 unspecified atom stereocenters. The van der Waals surface area contributed by atoms with Crippen molar-refractivity contribution >= 4 is 11.0 Å². The van der Waals surface area contributed by atoms with Gasteiger partial charge in [-0.2, -0.15) is 0 Å². The van der Waals surface area contributed by atoms with Gasteiger partial charge in [-0.05, 0) is 18.2 Å². The lowest BCUT2D eigenvalue weighted by atomic mass is 10.3. The first kappa shape index (κ1) is 9.77. The average Bonchev–Trinajstić information content (AvgIpc) is 2.74. The van der Waals surface area contributed by atoms with Crippen molar-refractivity contribution in [1.82, 2.24) is 15.0 Å². The zero-order chi connectivity index (χ0) is 11.8. The lowest BCUT2D eigenvalue weighted by Crippen LogP contribution is -2.03. The van der Waals surface area contributed by atoms with Gasteiger partial charge in [0.2, 0.25) is 5.56 Å². The third kappa shape index (κ3) is 1.61. The van der Waals surface area contributed by atoms with Crippen LogP contribution in [0, 0.1) is 5.82 Å². The van der Waals surface area contributed by atoms with Crippen molar-refractivity contribution in [3.05, 3.63) is 52.6 Å². The van der Waals surface area contributed by atoms with Gasteiger partial charge in [-0.15, -0.1) is 0 Å². The second-order valence-corrected chi connectivity index (χ2v) is 3.65. The number of nitrogens with zero attached hydrogens (tertiary/aromatic N) is 1. The Bertz CT molecular complexity index is 745. The SMILES string of the molecule is O=c1cccc(-c2nc3c(F)cccc3[nH]2)[nH]1. The van der Waals surface area contributed by atoms with Gasteiger partial charge in [0, 0.05) is 6.07 Å². The van der Waals surface area contributed by atoms with E-state index in [1.165, 1.54) is 12.1 Å². The summed E-state index contributed by atoms with van der Waals surface area (Å²) in [5, 5.41) is 0. The first-order chi connectivity index (χ1) is 8.24. The van der Waals surface area contributed by atoms with E-state index in [1.807, 2.05) is 0 Å². The summed E-state index contributed by atoms with van der Waals surface area (Å²) < 4.78 is 13.4. The lowest BCUT2D eigenvalue weighted by Gasteiger charge is -1.93. The number of aromatic nitrogens is 3. The molecule has 2 aromatic heterocycles. The predicted octanol–water partition coefficient (Wildman–Crippen LogP) is 2.06. The zero-order valence-corrected chi connectivity index (χ0v) is 8.70. The molecule has 3 aromatic rings. The van der Waals surface area contributed by atoms with E-state index >= 15 is 0 Å². The van der Waals surface area contributed by atoms with Crippen LogP contribution in [0.25, 0.3) is 22.6 Å². The number of imidazole rings is 1. The van der Waals surface area contributed by atoms with E-state index in [4.69, 9.17) is 0 Å². The number of para-hydroxylation sites is 1. The monoisotopic (exact) mass is 229 g/mol. The molecule has 1 aromatic carbocycles. The van der Waals surface area contributed by atoms with Crippen LogP contribution >= 0.6 is 0 Å². The fraction of sp³-hybridized carbons (Fsp3) is 0. The van der Waals surface area contributed by atoms with Crippen LogP contribution in [0.1, 0.15) is 0 Å². The Hall–Kier alpha value is -2.43. The third-order valence-corrected chi connectivity index (χ3v) is 2.49. The van der Waals surface area contributed by atoms with Crippen LogP contribution in [0.15, 0.2) is 41.2 Å². The highest BCUT2D eigenvalue weighted by atomic mass is 19.1. The Kier molecular flexibility index (Phi) is 2.04. The largest absolute Gasteiger partial charge is 0.337 e. The molecule has 0 radical (unpaired) electrons. The van der Waals surface area contributed by atoms with E-state index in [9.17, 15) is 9.18 Å². The predicted molar refractivity (Wildman–Crippen MR) is 62.1 cm³/mol. The summed E-state index contributed by atoms with van der Waals surface area (Å²) in [6.07, 6.45) is 0. The van der Waals surface area contributed by atoms with Crippen LogP contribution in [0.3, 0.4) is 0 Å². The van der Waals surface area contributed by atoms with E-state index in [0.29, 0.717) is 17.0 Å². The highest BCUT2D eigenvalue weighted by Gasteiger charge is 2.08. The fourth-order valence-corrected chi connectivity index (χ4v) is 1.71. The molecule has 0 aliphatic heterocycles. The molecule has 0 atom stereocenters. The van der Waals surface area contributed by atoms with Crippen molar-refractivity contribution < 1.29 is 4.39 Å². The van der Waals surface area contributed by atoms with Gasteiger partial charge < -0.3 is 9.97 Å². The topological polar surface area (TPSA) is 61.5 Å². The first-order valence-corrected chi connectivity index (χ1v) is 5.08. The van der Waals surface area contributed by atoms with Gasteiger partial charge >= 0.3 is 0 Å². The van der Waals surface area contributed by atoms with Gasteiger partial charge in [0.25, 0.3) is 0 Å². The summed E-state index contributed by atoms with van der Waals surface area (Å²) in [7, 11) is 0. The molecule has 0 amide bonds. The van der Waals surface area contributed by atoms with E-state index in [2.05, 4.69) is 15.0 Å². The maximum absolute atomic E-state index is 13.4. The van der Waals surface area contributed by atoms with Crippen molar-refractivity contribution in [2.24, 2.45) is 0 Å². The van der Waals surface area contributed by atoms with Crippen molar-refractivity contribution in [2.75, 3.05) is 0 Å². The van der Waals surface area contributed by atoms with Gasteiger partial charge in [0.05, 0.1) is 11.2 Å². The Morgan fingerprint density at radius 3 is 2.65 bits per heavy atom. The van der Waals surface area contributed by atoms with Crippen LogP contribution in [-0.2, 0) is 0 Å². The number of halogens is 1. The highest BCUT2D eigenvalue weighted by molar-refractivity contribution is 5.79. The number of fused-ring (bicyclic) bond motifs is 1. The maximum atomic E-state index is 13.4. The zero-order valence-electron chi connectivity index (χ0n) is 8.70. The minimum absolute atomic E-state index is 0.219. The molecular weight excluding hydrogens is 221 g/mol. The van der Waals surface area contributed by atoms with Crippen molar-refractivity contribution in [1.29, 1.82) is 0 Å². The molecule has 0 aliphatic carbocycles. The summed E-state index contributed by atoms with van der Waals surface area (Å²) in [6, 6.07) is 9.42. The van der Waals surface area contributed by atoms with E-state index in [0.717, 1.165) is 0 Å². The molecule has 4 nitrogen and oxygen atoms in total. The Morgan fingerprint density at radius 1 is 1.06 bits per heavy atom. The van der Waals surface area contributed by atoms with Gasteiger partial charge in [0.1, 0.15) is 5.52 Å². The van der Waals surface area contributed by atoms with E-state index in [-0.39, 0.29) is 16.9 Å². The highest BCUT2D eigenvalue weighted by Crippen LogP contribution is 2.19. The molecule has 0 bridgehead atoms. The van der Waals surface area contributed by atoms with Gasteiger partial charge in [-0.3, -0.25) is 4.79 Å². The molecule has 0 aliphatic rings. The van der Waals surface area contributed by atoms with Crippen LogP contribution in [0.5, 0.6) is 0 Å². The molecule has 0 fully saturated rings. The van der Waals surface area contributed by atoms with Crippen molar-refractivity contribution in [3.8, 4) is 11.5 Å². The van der Waals surface area contributed by atoms with E-state index in [1.54, 1.807) is 24.3 Å². The summed E-state index contributed by atoms with van der Waals surface area (Å²) in [4.78, 5) is 20.9. The minimum Gasteiger partial charge on any atom is -0.337 e. The molecule has 3 rings (SSSR count).